The summed E-state index contributed by atoms with van der Waals surface area (Å²) in [5, 5.41) is 5.54. The van der Waals surface area contributed by atoms with Gasteiger partial charge >= 0.3 is 6.03 Å². The van der Waals surface area contributed by atoms with E-state index in [0.717, 1.165) is 28.7 Å². The summed E-state index contributed by atoms with van der Waals surface area (Å²) in [4.78, 5) is 22.8. The first-order valence-corrected chi connectivity index (χ1v) is 6.86. The second-order valence-corrected chi connectivity index (χ2v) is 4.67. The van der Waals surface area contributed by atoms with Gasteiger partial charge in [-0.05, 0) is 31.0 Å². The predicted octanol–water partition coefficient (Wildman–Crippen LogP) is 3.62. The van der Waals surface area contributed by atoms with E-state index in [1.807, 2.05) is 50.2 Å². The second-order valence-electron chi connectivity index (χ2n) is 4.67. The van der Waals surface area contributed by atoms with E-state index in [2.05, 4.69) is 10.6 Å². The smallest absolute Gasteiger partial charge is 0.319 e. The van der Waals surface area contributed by atoms with Crippen LogP contribution in [0.5, 0.6) is 0 Å². The van der Waals surface area contributed by atoms with E-state index >= 15 is 0 Å². The summed E-state index contributed by atoms with van der Waals surface area (Å²) in [7, 11) is 0. The van der Waals surface area contributed by atoms with Gasteiger partial charge in [-0.1, -0.05) is 36.4 Å². The molecule has 0 saturated carbocycles. The Morgan fingerprint density at radius 2 is 1.81 bits per heavy atom. The molecule has 0 bridgehead atoms. The van der Waals surface area contributed by atoms with E-state index in [0.29, 0.717) is 12.1 Å². The third-order valence-electron chi connectivity index (χ3n) is 3.31. The highest BCUT2D eigenvalue weighted by atomic mass is 16.2. The number of hydrogen-bond acceptors (Lipinski definition) is 2. The van der Waals surface area contributed by atoms with Crippen molar-refractivity contribution in [3.63, 3.8) is 0 Å². The van der Waals surface area contributed by atoms with Crippen molar-refractivity contribution in [2.24, 2.45) is 0 Å². The van der Waals surface area contributed by atoms with Crippen LogP contribution in [-0.4, -0.2) is 18.9 Å². The van der Waals surface area contributed by atoms with Crippen LogP contribution in [-0.2, 0) is 0 Å². The summed E-state index contributed by atoms with van der Waals surface area (Å²) in [6.07, 6.45) is 0.846. The SMILES string of the molecule is CCNC(=O)Nc1ccccc1-c1cccc(C=O)c1C. The van der Waals surface area contributed by atoms with Crippen LogP contribution >= 0.6 is 0 Å². The Hall–Kier alpha value is -2.62. The highest BCUT2D eigenvalue weighted by Gasteiger charge is 2.11. The van der Waals surface area contributed by atoms with E-state index in [4.69, 9.17) is 0 Å². The zero-order valence-corrected chi connectivity index (χ0v) is 12.1. The van der Waals surface area contributed by atoms with Crippen LogP contribution in [0.25, 0.3) is 11.1 Å². The molecule has 0 aliphatic carbocycles. The van der Waals surface area contributed by atoms with Crippen molar-refractivity contribution in [2.45, 2.75) is 13.8 Å². The molecule has 0 aliphatic rings. The van der Waals surface area contributed by atoms with Gasteiger partial charge in [0.25, 0.3) is 0 Å². The molecule has 0 heterocycles. The molecule has 2 rings (SSSR count). The summed E-state index contributed by atoms with van der Waals surface area (Å²) in [6.45, 7) is 4.33. The third kappa shape index (κ3) is 3.28. The van der Waals surface area contributed by atoms with Crippen molar-refractivity contribution < 1.29 is 9.59 Å². The molecular weight excluding hydrogens is 264 g/mol. The maximum absolute atomic E-state index is 11.7. The van der Waals surface area contributed by atoms with Gasteiger partial charge in [-0.2, -0.15) is 0 Å². The van der Waals surface area contributed by atoms with Crippen LogP contribution in [0.4, 0.5) is 10.5 Å². The summed E-state index contributed by atoms with van der Waals surface area (Å²) >= 11 is 0. The van der Waals surface area contributed by atoms with Crippen LogP contribution < -0.4 is 10.6 Å². The first-order chi connectivity index (χ1) is 10.2. The second kappa shape index (κ2) is 6.70. The van der Waals surface area contributed by atoms with Crippen LogP contribution in [0.2, 0.25) is 0 Å². The van der Waals surface area contributed by atoms with Gasteiger partial charge in [-0.15, -0.1) is 0 Å². The minimum Gasteiger partial charge on any atom is -0.338 e. The molecule has 108 valence electrons. The quantitative estimate of drug-likeness (QED) is 0.841. The van der Waals surface area contributed by atoms with Crippen molar-refractivity contribution >= 4 is 18.0 Å². The van der Waals surface area contributed by atoms with Gasteiger partial charge < -0.3 is 10.6 Å². The van der Waals surface area contributed by atoms with E-state index in [1.165, 1.54) is 0 Å². The van der Waals surface area contributed by atoms with Crippen LogP contribution in [0.3, 0.4) is 0 Å². The lowest BCUT2D eigenvalue weighted by molar-refractivity contribution is 0.112. The van der Waals surface area contributed by atoms with Crippen molar-refractivity contribution in [1.29, 1.82) is 0 Å². The molecule has 0 unspecified atom stereocenters. The Balaban J connectivity index is 2.45. The van der Waals surface area contributed by atoms with Gasteiger partial charge in [0, 0.05) is 17.7 Å². The number of para-hydroxylation sites is 1. The number of hydrogen-bond donors (Lipinski definition) is 2. The molecule has 2 aromatic rings. The van der Waals surface area contributed by atoms with Gasteiger partial charge in [0.05, 0.1) is 5.69 Å². The zero-order valence-electron chi connectivity index (χ0n) is 12.1. The van der Waals surface area contributed by atoms with Crippen molar-refractivity contribution in [3.8, 4) is 11.1 Å². The normalized spacial score (nSPS) is 10.0. The number of anilines is 1. The molecule has 0 radical (unpaired) electrons. The molecule has 0 aromatic heterocycles. The summed E-state index contributed by atoms with van der Waals surface area (Å²) in [5.74, 6) is 0. The Labute approximate surface area is 124 Å². The molecule has 21 heavy (non-hydrogen) atoms. The third-order valence-corrected chi connectivity index (χ3v) is 3.31. The first kappa shape index (κ1) is 14.8. The molecule has 0 fully saturated rings. The minimum absolute atomic E-state index is 0.242. The Morgan fingerprint density at radius 1 is 1.10 bits per heavy atom. The van der Waals surface area contributed by atoms with E-state index in [1.54, 1.807) is 6.07 Å². The van der Waals surface area contributed by atoms with Gasteiger partial charge in [-0.3, -0.25) is 4.79 Å². The average molecular weight is 282 g/mol. The fourth-order valence-corrected chi connectivity index (χ4v) is 2.23. The highest BCUT2D eigenvalue weighted by molar-refractivity contribution is 5.95. The number of benzene rings is 2. The fraction of sp³-hybridized carbons (Fsp3) is 0.176. The van der Waals surface area contributed by atoms with Gasteiger partial charge in [-0.25, -0.2) is 4.79 Å². The van der Waals surface area contributed by atoms with Crippen LogP contribution in [0.1, 0.15) is 22.8 Å². The molecule has 2 aromatic carbocycles. The molecule has 4 heteroatoms. The predicted molar refractivity (Wildman–Crippen MR) is 84.7 cm³/mol. The van der Waals surface area contributed by atoms with Crippen molar-refractivity contribution in [3.05, 3.63) is 53.6 Å². The molecule has 0 atom stereocenters. The maximum atomic E-state index is 11.7. The molecule has 0 spiro atoms. The lowest BCUT2D eigenvalue weighted by Crippen LogP contribution is -2.28. The number of carbonyl (C=O) groups is 2. The first-order valence-electron chi connectivity index (χ1n) is 6.86. The topological polar surface area (TPSA) is 58.2 Å². The Bertz CT molecular complexity index is 666. The number of rotatable bonds is 4. The standard InChI is InChI=1S/C17H18N2O2/c1-3-18-17(21)19-16-10-5-4-8-15(16)14-9-6-7-13(11-20)12(14)2/h4-11H,3H2,1-2H3,(H2,18,19,21). The monoisotopic (exact) mass is 282 g/mol. The fourth-order valence-electron chi connectivity index (χ4n) is 2.23. The molecular formula is C17H18N2O2. The summed E-state index contributed by atoms with van der Waals surface area (Å²) in [5.41, 5.74) is 4.10. The highest BCUT2D eigenvalue weighted by Crippen LogP contribution is 2.31. The van der Waals surface area contributed by atoms with Crippen LogP contribution in [0.15, 0.2) is 42.5 Å². The molecule has 0 aliphatic heterocycles. The van der Waals surface area contributed by atoms with Gasteiger partial charge in [0.2, 0.25) is 0 Å². The number of urea groups is 1. The molecule has 4 nitrogen and oxygen atoms in total. The Morgan fingerprint density at radius 3 is 2.52 bits per heavy atom. The average Bonchev–Trinajstić information content (AvgIpc) is 2.48. The van der Waals surface area contributed by atoms with E-state index < -0.39 is 0 Å². The van der Waals surface area contributed by atoms with Crippen molar-refractivity contribution in [1.82, 2.24) is 5.32 Å². The largest absolute Gasteiger partial charge is 0.338 e. The number of aldehydes is 1. The lowest BCUT2D eigenvalue weighted by atomic mass is 9.96. The van der Waals surface area contributed by atoms with E-state index in [9.17, 15) is 9.59 Å². The number of amides is 2. The molecule has 2 N–H and O–H groups in total. The number of carbonyl (C=O) groups excluding carboxylic acids is 2. The number of nitrogens with one attached hydrogen (secondary N) is 2. The lowest BCUT2D eigenvalue weighted by Gasteiger charge is -2.14. The van der Waals surface area contributed by atoms with Crippen molar-refractivity contribution in [2.75, 3.05) is 11.9 Å². The Kier molecular flexibility index (Phi) is 4.72. The van der Waals surface area contributed by atoms with Crippen LogP contribution in [0, 0.1) is 6.92 Å². The molecule has 2 amide bonds. The van der Waals surface area contributed by atoms with E-state index in [-0.39, 0.29) is 6.03 Å². The minimum atomic E-state index is -0.242. The molecule has 0 saturated heterocycles. The maximum Gasteiger partial charge on any atom is 0.319 e. The van der Waals surface area contributed by atoms with Gasteiger partial charge in [0.1, 0.15) is 6.29 Å². The zero-order chi connectivity index (χ0) is 15.2. The van der Waals surface area contributed by atoms with Gasteiger partial charge in [0.15, 0.2) is 0 Å². The summed E-state index contributed by atoms with van der Waals surface area (Å²) in [6, 6.07) is 12.9. The summed E-state index contributed by atoms with van der Waals surface area (Å²) < 4.78 is 0.